The predicted molar refractivity (Wildman–Crippen MR) is 84.4 cm³/mol. The van der Waals surface area contributed by atoms with E-state index in [9.17, 15) is 9.90 Å². The van der Waals surface area contributed by atoms with E-state index in [1.54, 1.807) is 0 Å². The monoisotopic (exact) mass is 300 g/mol. The number of imidazole rings is 1. The second-order valence-corrected chi connectivity index (χ2v) is 6.28. The van der Waals surface area contributed by atoms with Crippen LogP contribution < -0.4 is 0 Å². The molecule has 0 saturated carbocycles. The van der Waals surface area contributed by atoms with Crippen LogP contribution in [0.4, 0.5) is 0 Å². The van der Waals surface area contributed by atoms with Gasteiger partial charge in [0.25, 0.3) is 0 Å². The van der Waals surface area contributed by atoms with E-state index in [2.05, 4.69) is 37.0 Å². The van der Waals surface area contributed by atoms with Crippen molar-refractivity contribution in [2.24, 2.45) is 0 Å². The fourth-order valence-corrected chi connectivity index (χ4v) is 3.75. The zero-order valence-corrected chi connectivity index (χ0v) is 13.2. The molecule has 0 spiro atoms. The molecule has 0 atom stereocenters. The third-order valence-electron chi connectivity index (χ3n) is 3.77. The Balaban J connectivity index is 2.26. The summed E-state index contributed by atoms with van der Waals surface area (Å²) in [6.07, 6.45) is 0. The quantitative estimate of drug-likeness (QED) is 0.778. The summed E-state index contributed by atoms with van der Waals surface area (Å²) >= 11 is 1.22. The van der Waals surface area contributed by atoms with Crippen LogP contribution in [-0.2, 0) is 0 Å². The minimum absolute atomic E-state index is 0.354. The molecule has 0 amide bonds. The van der Waals surface area contributed by atoms with E-state index in [1.807, 2.05) is 18.2 Å². The molecular formula is C16H16N2O2S. The van der Waals surface area contributed by atoms with Gasteiger partial charge in [-0.15, -0.1) is 0 Å². The average molecular weight is 300 g/mol. The number of fused-ring (bicyclic) bond motifs is 1. The molecule has 1 N–H and O–H groups in total. The second kappa shape index (κ2) is 4.70. The molecule has 0 saturated heterocycles. The van der Waals surface area contributed by atoms with Crippen molar-refractivity contribution < 1.29 is 9.90 Å². The Kier molecular flexibility index (Phi) is 3.10. The largest absolute Gasteiger partial charge is 0.477 e. The van der Waals surface area contributed by atoms with Crippen molar-refractivity contribution in [1.82, 2.24) is 9.38 Å². The maximum Gasteiger partial charge on any atom is 0.347 e. The summed E-state index contributed by atoms with van der Waals surface area (Å²) in [6, 6.07) is 6.29. The van der Waals surface area contributed by atoms with Gasteiger partial charge in [0, 0.05) is 17.0 Å². The number of aromatic carboxylic acids is 1. The van der Waals surface area contributed by atoms with Crippen LogP contribution in [0.2, 0.25) is 0 Å². The highest BCUT2D eigenvalue weighted by molar-refractivity contribution is 7.19. The number of aromatic nitrogens is 2. The van der Waals surface area contributed by atoms with Gasteiger partial charge in [0.15, 0.2) is 4.96 Å². The third-order valence-corrected chi connectivity index (χ3v) is 4.90. The zero-order chi connectivity index (χ0) is 15.3. The van der Waals surface area contributed by atoms with Crippen molar-refractivity contribution in [2.45, 2.75) is 27.7 Å². The van der Waals surface area contributed by atoms with E-state index < -0.39 is 5.97 Å². The topological polar surface area (TPSA) is 54.6 Å². The molecule has 0 aliphatic rings. The summed E-state index contributed by atoms with van der Waals surface area (Å²) in [5.41, 5.74) is 6.16. The highest BCUT2D eigenvalue weighted by Gasteiger charge is 2.20. The van der Waals surface area contributed by atoms with Crippen LogP contribution in [0.1, 0.15) is 32.2 Å². The highest BCUT2D eigenvalue weighted by atomic mass is 32.1. The van der Waals surface area contributed by atoms with E-state index in [1.165, 1.54) is 22.5 Å². The molecule has 0 unspecified atom stereocenters. The first kappa shape index (κ1) is 13.8. The van der Waals surface area contributed by atoms with Crippen LogP contribution in [0.15, 0.2) is 18.2 Å². The number of thiazole rings is 1. The molecule has 4 nitrogen and oxygen atoms in total. The van der Waals surface area contributed by atoms with Gasteiger partial charge in [0.1, 0.15) is 4.88 Å². The number of nitrogens with zero attached hydrogens (tertiary/aromatic N) is 2. The molecule has 5 heteroatoms. The van der Waals surface area contributed by atoms with Gasteiger partial charge in [-0.3, -0.25) is 4.40 Å². The number of hydrogen-bond acceptors (Lipinski definition) is 3. The maximum absolute atomic E-state index is 11.2. The Morgan fingerprint density at radius 1 is 1.19 bits per heavy atom. The maximum atomic E-state index is 11.2. The number of benzene rings is 1. The molecular weight excluding hydrogens is 284 g/mol. The molecule has 108 valence electrons. The molecule has 2 aromatic heterocycles. The number of carboxylic acids is 1. The summed E-state index contributed by atoms with van der Waals surface area (Å²) < 4.78 is 1.93. The fraction of sp³-hybridized carbons (Fsp3) is 0.250. The lowest BCUT2D eigenvalue weighted by atomic mass is 10.0. The van der Waals surface area contributed by atoms with Gasteiger partial charge in [-0.1, -0.05) is 35.1 Å². The van der Waals surface area contributed by atoms with Crippen LogP contribution in [0.25, 0.3) is 16.2 Å². The zero-order valence-electron chi connectivity index (χ0n) is 12.4. The van der Waals surface area contributed by atoms with Crippen molar-refractivity contribution >= 4 is 22.3 Å². The summed E-state index contributed by atoms with van der Waals surface area (Å²) in [5.74, 6) is -0.893. The summed E-state index contributed by atoms with van der Waals surface area (Å²) in [6.45, 7) is 7.96. The van der Waals surface area contributed by atoms with Gasteiger partial charge >= 0.3 is 5.97 Å². The summed E-state index contributed by atoms with van der Waals surface area (Å²) in [5, 5.41) is 9.21. The number of carboxylic acid groups (broad SMARTS) is 1. The fourth-order valence-electron chi connectivity index (χ4n) is 2.74. The molecule has 0 radical (unpaired) electrons. The first-order valence-electron chi connectivity index (χ1n) is 6.69. The number of rotatable bonds is 2. The van der Waals surface area contributed by atoms with Crippen LogP contribution in [0.3, 0.4) is 0 Å². The normalized spacial score (nSPS) is 11.2. The molecule has 0 aliphatic heterocycles. The number of aryl methyl sites for hydroxylation is 4. The predicted octanol–water partition coefficient (Wildman–Crippen LogP) is 3.99. The SMILES string of the molecule is Cc1ccc(-c2nc3sc(C(=O)O)c(C)n3c2C)c(C)c1. The van der Waals surface area contributed by atoms with Crippen LogP contribution >= 0.6 is 11.3 Å². The highest BCUT2D eigenvalue weighted by Crippen LogP contribution is 2.32. The van der Waals surface area contributed by atoms with Crippen molar-refractivity contribution in [1.29, 1.82) is 0 Å². The van der Waals surface area contributed by atoms with Crippen molar-refractivity contribution in [2.75, 3.05) is 0 Å². The standard InChI is InChI=1S/C16H16N2O2S/c1-8-5-6-12(9(2)7-8)13-10(3)18-11(4)14(15(19)20)21-16(18)17-13/h5-7H,1-4H3,(H,19,20). The number of hydrogen-bond donors (Lipinski definition) is 1. The van der Waals surface area contributed by atoms with Crippen LogP contribution in [0, 0.1) is 27.7 Å². The van der Waals surface area contributed by atoms with Crippen molar-refractivity contribution in [3.8, 4) is 11.3 Å². The smallest absolute Gasteiger partial charge is 0.347 e. The summed E-state index contributed by atoms with van der Waals surface area (Å²) in [7, 11) is 0. The van der Waals surface area contributed by atoms with E-state index in [-0.39, 0.29) is 0 Å². The lowest BCUT2D eigenvalue weighted by molar-refractivity contribution is 0.0701. The van der Waals surface area contributed by atoms with Crippen molar-refractivity contribution in [3.63, 3.8) is 0 Å². The molecule has 0 bridgehead atoms. The lowest BCUT2D eigenvalue weighted by Gasteiger charge is -2.06. The lowest BCUT2D eigenvalue weighted by Crippen LogP contribution is -1.98. The number of carbonyl (C=O) groups is 1. The van der Waals surface area contributed by atoms with Crippen molar-refractivity contribution in [3.05, 3.63) is 45.6 Å². The van der Waals surface area contributed by atoms with E-state index in [0.29, 0.717) is 4.88 Å². The van der Waals surface area contributed by atoms with Crippen LogP contribution in [0.5, 0.6) is 0 Å². The Labute approximate surface area is 126 Å². The Bertz CT molecular complexity index is 874. The molecule has 1 aromatic carbocycles. The molecule has 0 aliphatic carbocycles. The Hall–Kier alpha value is -2.14. The Morgan fingerprint density at radius 2 is 1.90 bits per heavy atom. The molecule has 21 heavy (non-hydrogen) atoms. The summed E-state index contributed by atoms with van der Waals surface area (Å²) in [4.78, 5) is 17.0. The first-order chi connectivity index (χ1) is 9.90. The molecule has 0 fully saturated rings. The van der Waals surface area contributed by atoms with Gasteiger partial charge in [0.05, 0.1) is 5.69 Å². The van der Waals surface area contributed by atoms with E-state index >= 15 is 0 Å². The van der Waals surface area contributed by atoms with Gasteiger partial charge in [-0.25, -0.2) is 9.78 Å². The Morgan fingerprint density at radius 3 is 2.48 bits per heavy atom. The second-order valence-electron chi connectivity index (χ2n) is 5.30. The third kappa shape index (κ3) is 2.05. The van der Waals surface area contributed by atoms with Gasteiger partial charge in [0.2, 0.25) is 0 Å². The van der Waals surface area contributed by atoms with E-state index in [0.717, 1.165) is 27.6 Å². The average Bonchev–Trinajstić information content (AvgIpc) is 2.88. The van der Waals surface area contributed by atoms with Crippen LogP contribution in [-0.4, -0.2) is 20.5 Å². The molecule has 3 aromatic rings. The molecule has 3 rings (SSSR count). The van der Waals surface area contributed by atoms with Gasteiger partial charge < -0.3 is 5.11 Å². The van der Waals surface area contributed by atoms with Gasteiger partial charge in [-0.2, -0.15) is 0 Å². The van der Waals surface area contributed by atoms with Gasteiger partial charge in [-0.05, 0) is 33.3 Å². The van der Waals surface area contributed by atoms with E-state index in [4.69, 9.17) is 0 Å². The minimum Gasteiger partial charge on any atom is -0.477 e. The minimum atomic E-state index is -0.893. The first-order valence-corrected chi connectivity index (χ1v) is 7.51. The molecule has 2 heterocycles.